The molecular weight excluding hydrogens is 470 g/mol. The summed E-state index contributed by atoms with van der Waals surface area (Å²) in [7, 11) is 0. The van der Waals surface area contributed by atoms with Gasteiger partial charge in [-0.05, 0) is 23.1 Å². The first-order valence-corrected chi connectivity index (χ1v) is 12.3. The monoisotopic (exact) mass is 506 g/mol. The van der Waals surface area contributed by atoms with Gasteiger partial charge in [-0.2, -0.15) is 0 Å². The van der Waals surface area contributed by atoms with E-state index in [1.54, 1.807) is 0 Å². The Kier molecular flexibility index (Phi) is 8.61. The summed E-state index contributed by atoms with van der Waals surface area (Å²) >= 11 is 0. The van der Waals surface area contributed by atoms with E-state index in [9.17, 15) is 18.7 Å². The molecule has 4 rings (SSSR count). The fraction of sp³-hybridized carbons (Fsp3) is 0.536. The highest BCUT2D eigenvalue weighted by atomic mass is 35.5. The number of halogens is 3. The summed E-state index contributed by atoms with van der Waals surface area (Å²) < 4.78 is 28.3. The van der Waals surface area contributed by atoms with Crippen molar-refractivity contribution in [3.8, 4) is 0 Å². The third-order valence-corrected chi connectivity index (χ3v) is 7.74. The van der Waals surface area contributed by atoms with E-state index in [-0.39, 0.29) is 36.1 Å². The minimum atomic E-state index is -1.01. The molecule has 0 saturated carbocycles. The van der Waals surface area contributed by atoms with E-state index in [0.717, 1.165) is 18.2 Å². The summed E-state index contributed by atoms with van der Waals surface area (Å²) in [6, 6.07) is 13.3. The van der Waals surface area contributed by atoms with Gasteiger partial charge in [0.25, 0.3) is 0 Å². The summed E-state index contributed by atoms with van der Waals surface area (Å²) in [4.78, 5) is 17.9. The molecule has 0 aliphatic carbocycles. The zero-order valence-electron chi connectivity index (χ0n) is 21.0. The van der Waals surface area contributed by atoms with Gasteiger partial charge in [-0.1, -0.05) is 64.1 Å². The van der Waals surface area contributed by atoms with Crippen LogP contribution < -0.4 is 0 Å². The highest BCUT2D eigenvalue weighted by molar-refractivity contribution is 5.85. The van der Waals surface area contributed by atoms with E-state index in [1.807, 2.05) is 49.1 Å². The van der Waals surface area contributed by atoms with Crippen LogP contribution in [0.1, 0.15) is 44.7 Å². The molecule has 2 aromatic carbocycles. The van der Waals surface area contributed by atoms with Crippen LogP contribution in [-0.4, -0.2) is 53.5 Å². The van der Waals surface area contributed by atoms with Crippen LogP contribution in [0.5, 0.6) is 0 Å². The Morgan fingerprint density at radius 2 is 1.66 bits per heavy atom. The fourth-order valence-corrected chi connectivity index (χ4v) is 6.11. The van der Waals surface area contributed by atoms with Gasteiger partial charge >= 0.3 is 0 Å². The minimum absolute atomic E-state index is 0. The Morgan fingerprint density at radius 1 is 1.03 bits per heavy atom. The first-order chi connectivity index (χ1) is 16.1. The maximum absolute atomic E-state index is 14.8. The van der Waals surface area contributed by atoms with Crippen LogP contribution in [0.2, 0.25) is 0 Å². The zero-order valence-corrected chi connectivity index (χ0v) is 21.8. The molecule has 0 spiro atoms. The number of hydrogen-bond acceptors (Lipinski definition) is 3. The summed E-state index contributed by atoms with van der Waals surface area (Å²) in [5, 5.41) is 11.6. The third-order valence-electron chi connectivity index (χ3n) is 7.74. The Labute approximate surface area is 213 Å². The van der Waals surface area contributed by atoms with E-state index in [2.05, 4.69) is 18.7 Å². The van der Waals surface area contributed by atoms with Gasteiger partial charge in [0, 0.05) is 56.5 Å². The molecule has 4 nitrogen and oxygen atoms in total. The molecule has 35 heavy (non-hydrogen) atoms. The molecule has 2 aliphatic heterocycles. The molecule has 1 amide bonds. The van der Waals surface area contributed by atoms with Crippen molar-refractivity contribution in [1.29, 1.82) is 0 Å². The van der Waals surface area contributed by atoms with E-state index in [1.165, 1.54) is 12.1 Å². The predicted octanol–water partition coefficient (Wildman–Crippen LogP) is 5.06. The second-order valence-corrected chi connectivity index (χ2v) is 10.7. The Balaban J connectivity index is 0.00000342. The number of benzene rings is 2. The number of aliphatic hydroxyl groups is 1. The highest BCUT2D eigenvalue weighted by Gasteiger charge is 2.49. The normalized spacial score (nSPS) is 29.3. The molecule has 2 aromatic rings. The number of likely N-dealkylation sites (tertiary alicyclic amines) is 2. The van der Waals surface area contributed by atoms with Crippen molar-refractivity contribution >= 4 is 18.3 Å². The average Bonchev–Trinajstić information content (AvgIpc) is 3.19. The first kappa shape index (κ1) is 27.6. The molecule has 2 aliphatic rings. The van der Waals surface area contributed by atoms with Crippen LogP contribution in [-0.2, 0) is 10.4 Å². The van der Waals surface area contributed by atoms with Crippen LogP contribution in [0.3, 0.4) is 0 Å². The average molecular weight is 507 g/mol. The molecule has 2 saturated heterocycles. The van der Waals surface area contributed by atoms with Gasteiger partial charge in [0.05, 0.1) is 11.5 Å². The molecule has 4 atom stereocenters. The largest absolute Gasteiger partial charge is 0.384 e. The van der Waals surface area contributed by atoms with Gasteiger partial charge in [-0.3, -0.25) is 4.79 Å². The van der Waals surface area contributed by atoms with Crippen molar-refractivity contribution < 1.29 is 18.7 Å². The van der Waals surface area contributed by atoms with Gasteiger partial charge in [0.15, 0.2) is 0 Å². The molecular formula is C28H37ClF2N2O2. The van der Waals surface area contributed by atoms with Crippen molar-refractivity contribution in [1.82, 2.24) is 9.80 Å². The number of piperidine rings is 1. The molecule has 2 unspecified atom stereocenters. The lowest BCUT2D eigenvalue weighted by Gasteiger charge is -2.48. The number of carbonyl (C=O) groups excluding carboxylic acids is 1. The van der Waals surface area contributed by atoms with E-state index >= 15 is 0 Å². The van der Waals surface area contributed by atoms with Crippen LogP contribution in [0.4, 0.5) is 8.78 Å². The van der Waals surface area contributed by atoms with Crippen molar-refractivity contribution in [3.05, 3.63) is 71.3 Å². The number of rotatable bonds is 5. The van der Waals surface area contributed by atoms with Crippen molar-refractivity contribution in [2.45, 2.75) is 39.2 Å². The lowest BCUT2D eigenvalue weighted by Crippen LogP contribution is -2.57. The summed E-state index contributed by atoms with van der Waals surface area (Å²) in [6.45, 7) is 11.1. The van der Waals surface area contributed by atoms with Gasteiger partial charge in [-0.15, -0.1) is 12.4 Å². The van der Waals surface area contributed by atoms with Crippen molar-refractivity contribution in [3.63, 3.8) is 0 Å². The van der Waals surface area contributed by atoms with Crippen molar-refractivity contribution in [2.24, 2.45) is 23.7 Å². The van der Waals surface area contributed by atoms with Gasteiger partial charge in [0.2, 0.25) is 5.91 Å². The van der Waals surface area contributed by atoms with Gasteiger partial charge < -0.3 is 14.9 Å². The number of nitrogens with zero attached hydrogens (tertiary/aromatic N) is 2. The maximum Gasteiger partial charge on any atom is 0.227 e. The summed E-state index contributed by atoms with van der Waals surface area (Å²) in [5.41, 5.74) is 0.266. The highest BCUT2D eigenvalue weighted by Crippen LogP contribution is 2.43. The first-order valence-electron chi connectivity index (χ1n) is 12.3. The fourth-order valence-electron chi connectivity index (χ4n) is 6.11. The van der Waals surface area contributed by atoms with E-state index in [0.29, 0.717) is 37.7 Å². The Morgan fingerprint density at radius 3 is 2.23 bits per heavy atom. The summed E-state index contributed by atoms with van der Waals surface area (Å²) in [6.07, 6.45) is 0. The van der Waals surface area contributed by atoms with Crippen LogP contribution >= 0.6 is 12.4 Å². The molecule has 0 bridgehead atoms. The molecule has 2 fully saturated rings. The molecule has 1 N–H and O–H groups in total. The van der Waals surface area contributed by atoms with Crippen LogP contribution in [0.15, 0.2) is 48.5 Å². The quantitative estimate of drug-likeness (QED) is 0.616. The third kappa shape index (κ3) is 5.40. The SMILES string of the molecule is CC(C)CN1C[C@@H](C(=O)N2CC(C)C(O)(c3ccccc3)C(C)C2)[C@H](c2ccc(F)cc2F)C1.Cl. The standard InChI is InChI=1S/C28H36F2N2O2.ClH/c1-18(2)13-31-16-24(23-11-10-22(29)12-26(23)30)25(17-31)27(33)32-14-19(3)28(34,20(4)15-32)21-8-6-5-7-9-21;/h5-12,18-20,24-25,34H,13-17H2,1-4H3;1H/t19?,20?,24-,25+,28?;/m0./s1. The minimum Gasteiger partial charge on any atom is -0.384 e. The number of amides is 1. The topological polar surface area (TPSA) is 43.8 Å². The zero-order chi connectivity index (χ0) is 24.6. The lowest BCUT2D eigenvalue weighted by atomic mass is 9.70. The van der Waals surface area contributed by atoms with Gasteiger partial charge in [0.1, 0.15) is 11.6 Å². The Bertz CT molecular complexity index is 1010. The molecule has 0 radical (unpaired) electrons. The maximum atomic E-state index is 14.8. The molecule has 0 aromatic heterocycles. The number of carbonyl (C=O) groups is 1. The van der Waals surface area contributed by atoms with E-state index < -0.39 is 23.2 Å². The lowest BCUT2D eigenvalue weighted by molar-refractivity contribution is -0.152. The molecule has 7 heteroatoms. The molecule has 192 valence electrons. The second-order valence-electron chi connectivity index (χ2n) is 10.7. The number of hydrogen-bond donors (Lipinski definition) is 1. The predicted molar refractivity (Wildman–Crippen MR) is 136 cm³/mol. The van der Waals surface area contributed by atoms with Crippen LogP contribution in [0, 0.1) is 35.3 Å². The molecule has 2 heterocycles. The van der Waals surface area contributed by atoms with Gasteiger partial charge in [-0.25, -0.2) is 8.78 Å². The van der Waals surface area contributed by atoms with E-state index in [4.69, 9.17) is 0 Å². The smallest absolute Gasteiger partial charge is 0.227 e. The summed E-state index contributed by atoms with van der Waals surface area (Å²) in [5.74, 6) is -1.83. The van der Waals surface area contributed by atoms with Crippen LogP contribution in [0.25, 0.3) is 0 Å². The second kappa shape index (κ2) is 10.9. The van der Waals surface area contributed by atoms with Crippen molar-refractivity contribution in [2.75, 3.05) is 32.7 Å². The Hall–Kier alpha value is -2.02.